The van der Waals surface area contributed by atoms with E-state index >= 15 is 0 Å². The monoisotopic (exact) mass is 199 g/mol. The third-order valence-electron chi connectivity index (χ3n) is 1.76. The normalized spacial score (nSPS) is 8.27. The van der Waals surface area contributed by atoms with Gasteiger partial charge >= 0.3 is 0 Å². The lowest BCUT2D eigenvalue weighted by Gasteiger charge is -2.02. The van der Waals surface area contributed by atoms with E-state index in [4.69, 9.17) is 10.00 Å². The molecule has 0 radical (unpaired) electrons. The molecule has 0 unspecified atom stereocenters. The predicted molar refractivity (Wildman–Crippen MR) is 55.5 cm³/mol. The highest BCUT2D eigenvalue weighted by atomic mass is 16.5. The fourth-order valence-corrected chi connectivity index (χ4v) is 1.07. The molecule has 0 aliphatic rings. The number of ether oxygens (including phenoxy) is 1. The minimum atomic E-state index is 0.192. The maximum atomic E-state index is 10.6. The summed E-state index contributed by atoms with van der Waals surface area (Å²) in [5.41, 5.74) is 1.22. The second-order valence-corrected chi connectivity index (χ2v) is 2.71. The number of benzene rings is 1. The molecule has 0 fully saturated rings. The molecule has 3 heteroatoms. The van der Waals surface area contributed by atoms with Crippen LogP contribution in [0.25, 0.3) is 0 Å². The third kappa shape index (κ3) is 2.86. The van der Waals surface area contributed by atoms with Crippen LogP contribution in [-0.2, 0) is 0 Å². The summed E-state index contributed by atoms with van der Waals surface area (Å²) in [6, 6.07) is 6.96. The first-order valence-corrected chi connectivity index (χ1v) is 4.31. The fourth-order valence-electron chi connectivity index (χ4n) is 1.07. The van der Waals surface area contributed by atoms with Gasteiger partial charge in [-0.1, -0.05) is 11.8 Å². The first kappa shape index (κ1) is 10.8. The molecular weight excluding hydrogens is 190 g/mol. The molecule has 3 nitrogen and oxygen atoms in total. The number of carbonyl (C=O) groups is 1. The summed E-state index contributed by atoms with van der Waals surface area (Å²) in [5, 5.41) is 8.30. The van der Waals surface area contributed by atoms with E-state index in [1.54, 1.807) is 18.2 Å². The number of methoxy groups -OCH3 is 1. The van der Waals surface area contributed by atoms with Crippen LogP contribution in [0.15, 0.2) is 18.2 Å². The Bertz CT molecular complexity index is 461. The molecule has 74 valence electrons. The van der Waals surface area contributed by atoms with E-state index in [0.29, 0.717) is 11.3 Å². The van der Waals surface area contributed by atoms with Gasteiger partial charge in [-0.3, -0.25) is 4.79 Å². The number of hydrogen-bond acceptors (Lipinski definition) is 3. The Hall–Kier alpha value is -2.26. The molecule has 0 aliphatic carbocycles. The van der Waals surface area contributed by atoms with Crippen LogP contribution in [0.5, 0.6) is 5.75 Å². The van der Waals surface area contributed by atoms with E-state index in [0.717, 1.165) is 11.8 Å². The zero-order chi connectivity index (χ0) is 11.1. The van der Waals surface area contributed by atoms with Gasteiger partial charge in [0.2, 0.25) is 0 Å². The molecule has 0 bridgehead atoms. The molecule has 0 heterocycles. The molecule has 0 atom stereocenters. The summed E-state index contributed by atoms with van der Waals surface area (Å²) >= 11 is 0. The molecule has 0 saturated carbocycles. The lowest BCUT2D eigenvalue weighted by atomic mass is 10.1. The molecule has 0 aromatic heterocycles. The van der Waals surface area contributed by atoms with Crippen molar-refractivity contribution in [1.29, 1.82) is 5.26 Å². The molecule has 0 spiro atoms. The van der Waals surface area contributed by atoms with Gasteiger partial charge in [0.05, 0.1) is 25.2 Å². The largest absolute Gasteiger partial charge is 0.496 e. The summed E-state index contributed by atoms with van der Waals surface area (Å²) < 4.78 is 5.02. The molecule has 0 amide bonds. The van der Waals surface area contributed by atoms with Crippen molar-refractivity contribution in [1.82, 2.24) is 0 Å². The maximum absolute atomic E-state index is 10.6. The van der Waals surface area contributed by atoms with E-state index in [2.05, 4.69) is 11.8 Å². The topological polar surface area (TPSA) is 50.1 Å². The number of rotatable bonds is 2. The maximum Gasteiger partial charge on any atom is 0.153 e. The van der Waals surface area contributed by atoms with Crippen molar-refractivity contribution in [3.8, 4) is 23.7 Å². The standard InChI is InChI=1S/C12H9NO2/c1-15-12-8-10(4-2-3-7-13)5-6-11(12)9-14/h5-6,8-9H,3H2,1H3. The third-order valence-corrected chi connectivity index (χ3v) is 1.76. The van der Waals surface area contributed by atoms with Crippen molar-refractivity contribution in [2.75, 3.05) is 7.11 Å². The zero-order valence-corrected chi connectivity index (χ0v) is 8.28. The molecule has 0 saturated heterocycles. The van der Waals surface area contributed by atoms with E-state index in [1.807, 2.05) is 6.07 Å². The highest BCUT2D eigenvalue weighted by Gasteiger charge is 2.01. The van der Waals surface area contributed by atoms with Crippen LogP contribution in [0.4, 0.5) is 0 Å². The van der Waals surface area contributed by atoms with Crippen molar-refractivity contribution in [3.63, 3.8) is 0 Å². The van der Waals surface area contributed by atoms with Crippen molar-refractivity contribution in [3.05, 3.63) is 29.3 Å². The van der Waals surface area contributed by atoms with Crippen LogP contribution in [0.3, 0.4) is 0 Å². The van der Waals surface area contributed by atoms with E-state index in [9.17, 15) is 4.79 Å². The minimum absolute atomic E-state index is 0.192. The Kier molecular flexibility index (Phi) is 3.94. The molecule has 15 heavy (non-hydrogen) atoms. The highest BCUT2D eigenvalue weighted by molar-refractivity contribution is 5.79. The Labute approximate surface area is 88.3 Å². The smallest absolute Gasteiger partial charge is 0.153 e. The average Bonchev–Trinajstić information content (AvgIpc) is 2.29. The van der Waals surface area contributed by atoms with Gasteiger partial charge < -0.3 is 4.74 Å². The van der Waals surface area contributed by atoms with Crippen LogP contribution in [0.2, 0.25) is 0 Å². The summed E-state index contributed by atoms with van der Waals surface area (Å²) in [6.45, 7) is 0. The van der Waals surface area contributed by atoms with Gasteiger partial charge in [0, 0.05) is 5.56 Å². The lowest BCUT2D eigenvalue weighted by molar-refractivity contribution is 0.112. The lowest BCUT2D eigenvalue weighted by Crippen LogP contribution is -1.90. The first-order valence-electron chi connectivity index (χ1n) is 4.31. The highest BCUT2D eigenvalue weighted by Crippen LogP contribution is 2.17. The van der Waals surface area contributed by atoms with E-state index in [-0.39, 0.29) is 6.42 Å². The van der Waals surface area contributed by atoms with Gasteiger partial charge in [-0.15, -0.1) is 0 Å². The quantitative estimate of drug-likeness (QED) is 0.538. The average molecular weight is 199 g/mol. The summed E-state index contributed by atoms with van der Waals surface area (Å²) in [7, 11) is 1.49. The molecule has 1 rings (SSSR count). The molecule has 1 aromatic rings. The van der Waals surface area contributed by atoms with Gasteiger partial charge in [-0.05, 0) is 18.2 Å². The van der Waals surface area contributed by atoms with Crippen molar-refractivity contribution in [2.24, 2.45) is 0 Å². The predicted octanol–water partition coefficient (Wildman–Crippen LogP) is 1.77. The molecule has 0 aliphatic heterocycles. The number of hydrogen-bond donors (Lipinski definition) is 0. The number of carbonyl (C=O) groups excluding carboxylic acids is 1. The second kappa shape index (κ2) is 5.47. The molecular formula is C12H9NO2. The van der Waals surface area contributed by atoms with Gasteiger partial charge in [-0.2, -0.15) is 5.26 Å². The van der Waals surface area contributed by atoms with Crippen LogP contribution < -0.4 is 4.74 Å². The van der Waals surface area contributed by atoms with Crippen molar-refractivity contribution < 1.29 is 9.53 Å². The van der Waals surface area contributed by atoms with Gasteiger partial charge in [-0.25, -0.2) is 0 Å². The number of aldehydes is 1. The van der Waals surface area contributed by atoms with Crippen LogP contribution >= 0.6 is 0 Å². The second-order valence-electron chi connectivity index (χ2n) is 2.71. The van der Waals surface area contributed by atoms with Crippen LogP contribution in [-0.4, -0.2) is 13.4 Å². The Morgan fingerprint density at radius 1 is 1.53 bits per heavy atom. The number of nitriles is 1. The molecule has 0 N–H and O–H groups in total. The fraction of sp³-hybridized carbons (Fsp3) is 0.167. The number of nitrogens with zero attached hydrogens (tertiary/aromatic N) is 1. The van der Waals surface area contributed by atoms with Crippen molar-refractivity contribution in [2.45, 2.75) is 6.42 Å². The Morgan fingerprint density at radius 3 is 2.93 bits per heavy atom. The van der Waals surface area contributed by atoms with E-state index < -0.39 is 0 Å². The van der Waals surface area contributed by atoms with Gasteiger partial charge in [0.25, 0.3) is 0 Å². The van der Waals surface area contributed by atoms with Crippen LogP contribution in [0, 0.1) is 23.2 Å². The van der Waals surface area contributed by atoms with Gasteiger partial charge in [0.15, 0.2) is 6.29 Å². The SMILES string of the molecule is COc1cc(C#CCC#N)ccc1C=O. The zero-order valence-electron chi connectivity index (χ0n) is 8.28. The summed E-state index contributed by atoms with van der Waals surface area (Å²) in [6.07, 6.45) is 0.920. The first-order chi connectivity index (χ1) is 7.31. The van der Waals surface area contributed by atoms with Crippen molar-refractivity contribution >= 4 is 6.29 Å². The minimum Gasteiger partial charge on any atom is -0.496 e. The van der Waals surface area contributed by atoms with Gasteiger partial charge in [0.1, 0.15) is 5.75 Å². The Balaban J connectivity index is 3.00. The molecule has 1 aromatic carbocycles. The van der Waals surface area contributed by atoms with E-state index in [1.165, 1.54) is 7.11 Å². The Morgan fingerprint density at radius 2 is 2.33 bits per heavy atom. The summed E-state index contributed by atoms with van der Waals surface area (Å²) in [4.78, 5) is 10.6. The summed E-state index contributed by atoms with van der Waals surface area (Å²) in [5.74, 6) is 5.98. The van der Waals surface area contributed by atoms with Crippen LogP contribution in [0.1, 0.15) is 22.3 Å².